The molecular weight excluding hydrogens is 400 g/mol. The van der Waals surface area contributed by atoms with E-state index >= 15 is 0 Å². The summed E-state index contributed by atoms with van der Waals surface area (Å²) in [4.78, 5) is 31.6. The van der Waals surface area contributed by atoms with Crippen LogP contribution in [-0.2, 0) is 0 Å². The molecule has 1 amide bonds. The molecule has 0 saturated carbocycles. The minimum Gasteiger partial charge on any atom is -0.354 e. The zero-order chi connectivity index (χ0) is 22.1. The molecule has 0 bridgehead atoms. The first-order valence-corrected chi connectivity index (χ1v) is 11.4. The molecule has 1 aromatic heterocycles. The number of anilines is 2. The van der Waals surface area contributed by atoms with Crippen molar-refractivity contribution in [3.05, 3.63) is 59.9 Å². The second-order valence-corrected chi connectivity index (χ2v) is 8.73. The van der Waals surface area contributed by atoms with Gasteiger partial charge in [-0.25, -0.2) is 9.97 Å². The van der Waals surface area contributed by atoms with Gasteiger partial charge in [-0.2, -0.15) is 0 Å². The van der Waals surface area contributed by atoms with Crippen LogP contribution in [0.15, 0.2) is 48.5 Å². The Bertz CT molecular complexity index is 1110. The number of benzene rings is 2. The van der Waals surface area contributed by atoms with Gasteiger partial charge in [-0.15, -0.1) is 0 Å². The second-order valence-electron chi connectivity index (χ2n) is 8.73. The highest BCUT2D eigenvalue weighted by molar-refractivity contribution is 6.07. The highest BCUT2D eigenvalue weighted by Gasteiger charge is 2.25. The van der Waals surface area contributed by atoms with Crippen LogP contribution in [0.3, 0.4) is 0 Å². The van der Waals surface area contributed by atoms with Gasteiger partial charge < -0.3 is 19.6 Å². The fourth-order valence-electron chi connectivity index (χ4n) is 4.62. The van der Waals surface area contributed by atoms with Crippen LogP contribution in [-0.4, -0.2) is 85.1 Å². The molecule has 0 N–H and O–H groups in total. The fraction of sp³-hybridized carbons (Fsp3) is 0.400. The third-order valence-corrected chi connectivity index (χ3v) is 6.55. The molecule has 7 nitrogen and oxygen atoms in total. The van der Waals surface area contributed by atoms with E-state index in [1.54, 1.807) is 0 Å². The number of rotatable bonds is 3. The average Bonchev–Trinajstić information content (AvgIpc) is 2.83. The number of hydrogen-bond acceptors (Lipinski definition) is 6. The highest BCUT2D eigenvalue weighted by atomic mass is 16.2. The summed E-state index contributed by atoms with van der Waals surface area (Å²) in [6.07, 6.45) is 0. The van der Waals surface area contributed by atoms with Crippen LogP contribution in [0.25, 0.3) is 10.8 Å². The van der Waals surface area contributed by atoms with Crippen molar-refractivity contribution in [2.45, 2.75) is 6.92 Å². The first kappa shape index (κ1) is 20.7. The van der Waals surface area contributed by atoms with Crippen molar-refractivity contribution in [1.82, 2.24) is 19.8 Å². The molecule has 2 aliphatic rings. The number of nitrogens with zero attached hydrogens (tertiary/aromatic N) is 6. The number of aryl methyl sites for hydroxylation is 1. The summed E-state index contributed by atoms with van der Waals surface area (Å²) in [6, 6.07) is 16.2. The van der Waals surface area contributed by atoms with Crippen LogP contribution < -0.4 is 9.80 Å². The van der Waals surface area contributed by atoms with Gasteiger partial charge in [-0.05, 0) is 30.8 Å². The molecule has 2 fully saturated rings. The molecule has 0 radical (unpaired) electrons. The Balaban J connectivity index is 1.29. The number of carbonyl (C=O) groups excluding carboxylic acids is 1. The van der Waals surface area contributed by atoms with Crippen molar-refractivity contribution in [1.29, 1.82) is 0 Å². The Morgan fingerprint density at radius 1 is 0.781 bits per heavy atom. The first-order chi connectivity index (χ1) is 15.6. The van der Waals surface area contributed by atoms with Gasteiger partial charge in [0.05, 0.1) is 0 Å². The molecule has 3 aromatic rings. The number of fused-ring (bicyclic) bond motifs is 1. The lowest BCUT2D eigenvalue weighted by Gasteiger charge is -2.37. The van der Waals surface area contributed by atoms with Gasteiger partial charge in [-0.1, -0.05) is 36.4 Å². The van der Waals surface area contributed by atoms with Crippen LogP contribution in [0.4, 0.5) is 11.6 Å². The van der Waals surface area contributed by atoms with Crippen molar-refractivity contribution >= 4 is 28.3 Å². The van der Waals surface area contributed by atoms with Crippen LogP contribution >= 0.6 is 0 Å². The minimum absolute atomic E-state index is 0.110. The van der Waals surface area contributed by atoms with E-state index < -0.39 is 0 Å². The predicted molar refractivity (Wildman–Crippen MR) is 129 cm³/mol. The maximum Gasteiger partial charge on any atom is 0.254 e. The summed E-state index contributed by atoms with van der Waals surface area (Å²) in [5, 5.41) is 2.12. The smallest absolute Gasteiger partial charge is 0.254 e. The Hall–Kier alpha value is -3.19. The van der Waals surface area contributed by atoms with E-state index in [-0.39, 0.29) is 5.91 Å². The molecular formula is C25H30N6O. The number of piperazine rings is 2. The number of carbonyl (C=O) groups is 1. The van der Waals surface area contributed by atoms with Gasteiger partial charge in [0.2, 0.25) is 0 Å². The maximum atomic E-state index is 13.3. The van der Waals surface area contributed by atoms with E-state index in [2.05, 4.69) is 39.9 Å². The lowest BCUT2D eigenvalue weighted by molar-refractivity contribution is 0.0748. The lowest BCUT2D eigenvalue weighted by atomic mass is 10.0. The molecule has 166 valence electrons. The number of likely N-dealkylation sites (N-methyl/N-ethyl adjacent to an activating group) is 1. The monoisotopic (exact) mass is 430 g/mol. The quantitative estimate of drug-likeness (QED) is 0.637. The summed E-state index contributed by atoms with van der Waals surface area (Å²) in [5.74, 6) is 2.88. The molecule has 2 aliphatic heterocycles. The Labute approximate surface area is 189 Å². The number of aromatic nitrogens is 2. The summed E-state index contributed by atoms with van der Waals surface area (Å²) in [7, 11) is 2.16. The van der Waals surface area contributed by atoms with Crippen molar-refractivity contribution in [2.24, 2.45) is 0 Å². The topological polar surface area (TPSA) is 55.8 Å². The fourth-order valence-corrected chi connectivity index (χ4v) is 4.62. The van der Waals surface area contributed by atoms with Gasteiger partial charge in [-0.3, -0.25) is 4.79 Å². The largest absolute Gasteiger partial charge is 0.354 e. The Kier molecular flexibility index (Phi) is 5.66. The van der Waals surface area contributed by atoms with Gasteiger partial charge in [0.25, 0.3) is 5.91 Å². The van der Waals surface area contributed by atoms with E-state index in [4.69, 9.17) is 9.97 Å². The normalized spacial score (nSPS) is 17.8. The number of amides is 1. The van der Waals surface area contributed by atoms with Crippen LogP contribution in [0, 0.1) is 6.92 Å². The van der Waals surface area contributed by atoms with Crippen molar-refractivity contribution < 1.29 is 4.79 Å². The minimum atomic E-state index is 0.110. The standard InChI is InChI=1S/C25H30N6O/c1-19-26-23(29-12-10-28(2)11-13-29)18-24(27-19)30-14-16-31(17-15-30)25(32)22-9-5-7-20-6-3-4-8-21(20)22/h3-9,18H,10-17H2,1-2H3. The molecule has 5 rings (SSSR count). The zero-order valence-corrected chi connectivity index (χ0v) is 18.9. The van der Waals surface area contributed by atoms with E-state index in [0.29, 0.717) is 13.1 Å². The van der Waals surface area contributed by atoms with E-state index in [0.717, 1.165) is 73.1 Å². The van der Waals surface area contributed by atoms with Crippen LogP contribution in [0.5, 0.6) is 0 Å². The van der Waals surface area contributed by atoms with Crippen molar-refractivity contribution in [2.75, 3.05) is 69.2 Å². The Morgan fingerprint density at radius 3 is 2.06 bits per heavy atom. The first-order valence-electron chi connectivity index (χ1n) is 11.4. The third kappa shape index (κ3) is 4.12. The molecule has 0 aliphatic carbocycles. The van der Waals surface area contributed by atoms with Crippen molar-refractivity contribution in [3.8, 4) is 0 Å². The molecule has 0 atom stereocenters. The highest BCUT2D eigenvalue weighted by Crippen LogP contribution is 2.24. The van der Waals surface area contributed by atoms with Crippen LogP contribution in [0.1, 0.15) is 16.2 Å². The summed E-state index contributed by atoms with van der Waals surface area (Å²) in [5.41, 5.74) is 0.784. The third-order valence-electron chi connectivity index (χ3n) is 6.55. The van der Waals surface area contributed by atoms with Crippen molar-refractivity contribution in [3.63, 3.8) is 0 Å². The molecule has 2 saturated heterocycles. The van der Waals surface area contributed by atoms with Gasteiger partial charge in [0.15, 0.2) is 0 Å². The van der Waals surface area contributed by atoms with Gasteiger partial charge in [0.1, 0.15) is 17.5 Å². The molecule has 32 heavy (non-hydrogen) atoms. The van der Waals surface area contributed by atoms with E-state index in [1.807, 2.05) is 42.2 Å². The van der Waals surface area contributed by atoms with Gasteiger partial charge in [0, 0.05) is 64.0 Å². The molecule has 7 heteroatoms. The summed E-state index contributed by atoms with van der Waals surface area (Å²) < 4.78 is 0. The van der Waals surface area contributed by atoms with E-state index in [9.17, 15) is 4.79 Å². The number of hydrogen-bond donors (Lipinski definition) is 0. The molecule has 3 heterocycles. The predicted octanol–water partition coefficient (Wildman–Crippen LogP) is 2.65. The van der Waals surface area contributed by atoms with E-state index in [1.165, 1.54) is 0 Å². The maximum absolute atomic E-state index is 13.3. The summed E-state index contributed by atoms with van der Waals surface area (Å²) in [6.45, 7) is 8.96. The molecule has 0 spiro atoms. The molecule has 2 aromatic carbocycles. The SMILES string of the molecule is Cc1nc(N2CCN(C)CC2)cc(N2CCN(C(=O)c3cccc4ccccc34)CC2)n1. The lowest BCUT2D eigenvalue weighted by Crippen LogP contribution is -2.49. The summed E-state index contributed by atoms with van der Waals surface area (Å²) >= 11 is 0. The molecule has 0 unspecified atom stereocenters. The van der Waals surface area contributed by atoms with Crippen LogP contribution in [0.2, 0.25) is 0 Å². The van der Waals surface area contributed by atoms with Gasteiger partial charge >= 0.3 is 0 Å². The Morgan fingerprint density at radius 2 is 1.38 bits per heavy atom. The average molecular weight is 431 g/mol. The second kappa shape index (κ2) is 8.74. The zero-order valence-electron chi connectivity index (χ0n) is 18.9.